The van der Waals surface area contributed by atoms with Crippen LogP contribution in [0.25, 0.3) is 0 Å². The van der Waals surface area contributed by atoms with Crippen LogP contribution < -0.4 is 16.0 Å². The highest BCUT2D eigenvalue weighted by atomic mass is 35.5. The SMILES string of the molecule is O=C(Nc1cccc(Nc2ncc(Cl)c(Nc3ccccc3)n2)c1)c1ccccc1. The van der Waals surface area contributed by atoms with Gasteiger partial charge in [-0.25, -0.2) is 4.98 Å². The maximum absolute atomic E-state index is 12.4. The number of aromatic nitrogens is 2. The van der Waals surface area contributed by atoms with Crippen LogP contribution in [0.3, 0.4) is 0 Å². The predicted molar refractivity (Wildman–Crippen MR) is 121 cm³/mol. The molecule has 1 aromatic heterocycles. The van der Waals surface area contributed by atoms with E-state index in [1.165, 1.54) is 6.20 Å². The van der Waals surface area contributed by atoms with Gasteiger partial charge in [0.25, 0.3) is 5.91 Å². The van der Waals surface area contributed by atoms with Gasteiger partial charge in [-0.1, -0.05) is 54.1 Å². The highest BCUT2D eigenvalue weighted by molar-refractivity contribution is 6.32. The number of nitrogens with one attached hydrogen (secondary N) is 3. The van der Waals surface area contributed by atoms with Crippen LogP contribution in [0.1, 0.15) is 10.4 Å². The van der Waals surface area contributed by atoms with E-state index >= 15 is 0 Å². The highest BCUT2D eigenvalue weighted by Crippen LogP contribution is 2.25. The van der Waals surface area contributed by atoms with Crippen molar-refractivity contribution in [2.24, 2.45) is 0 Å². The molecule has 0 fully saturated rings. The van der Waals surface area contributed by atoms with Crippen molar-refractivity contribution in [3.05, 3.63) is 102 Å². The lowest BCUT2D eigenvalue weighted by Gasteiger charge is -2.11. The van der Waals surface area contributed by atoms with Crippen molar-refractivity contribution >= 4 is 46.3 Å². The van der Waals surface area contributed by atoms with Gasteiger partial charge in [0.15, 0.2) is 5.82 Å². The Kier molecular flexibility index (Phi) is 5.87. The summed E-state index contributed by atoms with van der Waals surface area (Å²) in [6.07, 6.45) is 1.53. The molecule has 0 atom stereocenters. The number of para-hydroxylation sites is 1. The van der Waals surface area contributed by atoms with E-state index in [4.69, 9.17) is 11.6 Å². The minimum absolute atomic E-state index is 0.176. The van der Waals surface area contributed by atoms with Gasteiger partial charge in [-0.15, -0.1) is 0 Å². The second-order valence-corrected chi connectivity index (χ2v) is 6.81. The summed E-state index contributed by atoms with van der Waals surface area (Å²) in [7, 11) is 0. The first-order valence-electron chi connectivity index (χ1n) is 9.25. The Morgan fingerprint density at radius 3 is 2.20 bits per heavy atom. The Balaban J connectivity index is 1.49. The smallest absolute Gasteiger partial charge is 0.255 e. The molecule has 6 nitrogen and oxygen atoms in total. The van der Waals surface area contributed by atoms with Crippen LogP contribution in [0.15, 0.2) is 91.1 Å². The number of benzene rings is 3. The van der Waals surface area contributed by atoms with Gasteiger partial charge in [-0.2, -0.15) is 4.98 Å². The minimum atomic E-state index is -0.176. The standard InChI is InChI=1S/C23H18ClN5O/c24-20-15-25-23(29-21(20)26-17-10-5-2-6-11-17)28-19-13-7-12-18(14-19)27-22(30)16-8-3-1-4-9-16/h1-15H,(H,27,30)(H2,25,26,28,29). The monoisotopic (exact) mass is 415 g/mol. The van der Waals surface area contributed by atoms with Gasteiger partial charge in [0, 0.05) is 22.6 Å². The second-order valence-electron chi connectivity index (χ2n) is 6.41. The first kappa shape index (κ1) is 19.4. The lowest BCUT2D eigenvalue weighted by atomic mass is 10.2. The van der Waals surface area contributed by atoms with E-state index in [1.807, 2.05) is 72.8 Å². The predicted octanol–water partition coefficient (Wildman–Crippen LogP) is 5.87. The molecule has 1 amide bonds. The summed E-state index contributed by atoms with van der Waals surface area (Å²) in [5.41, 5.74) is 2.85. The molecule has 3 N–H and O–H groups in total. The zero-order valence-electron chi connectivity index (χ0n) is 15.8. The average Bonchev–Trinajstić information content (AvgIpc) is 2.78. The number of anilines is 5. The van der Waals surface area contributed by atoms with Gasteiger partial charge in [0.1, 0.15) is 5.02 Å². The summed E-state index contributed by atoms with van der Waals surface area (Å²) in [5, 5.41) is 9.61. The topological polar surface area (TPSA) is 78.9 Å². The Labute approximate surface area is 179 Å². The van der Waals surface area contributed by atoms with Crippen LogP contribution in [-0.4, -0.2) is 15.9 Å². The summed E-state index contributed by atoms with van der Waals surface area (Å²) in [4.78, 5) is 21.0. The van der Waals surface area contributed by atoms with Gasteiger partial charge >= 0.3 is 0 Å². The number of nitrogens with zero attached hydrogens (tertiary/aromatic N) is 2. The van der Waals surface area contributed by atoms with Crippen LogP contribution in [0.4, 0.5) is 28.8 Å². The molecule has 7 heteroatoms. The fourth-order valence-electron chi connectivity index (χ4n) is 2.77. The molecule has 0 saturated carbocycles. The molecule has 0 unspecified atom stereocenters. The minimum Gasteiger partial charge on any atom is -0.339 e. The van der Waals surface area contributed by atoms with E-state index in [1.54, 1.807) is 12.1 Å². The van der Waals surface area contributed by atoms with Gasteiger partial charge < -0.3 is 16.0 Å². The molecule has 0 bridgehead atoms. The molecular weight excluding hydrogens is 398 g/mol. The summed E-state index contributed by atoms with van der Waals surface area (Å²) >= 11 is 6.23. The summed E-state index contributed by atoms with van der Waals surface area (Å²) < 4.78 is 0. The van der Waals surface area contributed by atoms with Gasteiger partial charge in [0.2, 0.25) is 5.95 Å². The fourth-order valence-corrected chi connectivity index (χ4v) is 2.91. The molecule has 4 rings (SSSR count). The lowest BCUT2D eigenvalue weighted by molar-refractivity contribution is 0.102. The molecule has 3 aromatic carbocycles. The molecule has 0 aliphatic rings. The Morgan fingerprint density at radius 1 is 0.767 bits per heavy atom. The van der Waals surface area contributed by atoms with Gasteiger partial charge in [-0.05, 0) is 42.5 Å². The van der Waals surface area contributed by atoms with Crippen molar-refractivity contribution in [1.82, 2.24) is 9.97 Å². The molecule has 148 valence electrons. The number of carbonyl (C=O) groups excluding carboxylic acids is 1. The quantitative estimate of drug-likeness (QED) is 0.367. The maximum Gasteiger partial charge on any atom is 0.255 e. The molecule has 30 heavy (non-hydrogen) atoms. The van der Waals surface area contributed by atoms with Crippen molar-refractivity contribution in [2.75, 3.05) is 16.0 Å². The number of amides is 1. The van der Waals surface area contributed by atoms with Crippen molar-refractivity contribution in [2.45, 2.75) is 0 Å². The lowest BCUT2D eigenvalue weighted by Crippen LogP contribution is -2.11. The Bertz CT molecular complexity index is 1150. The third-order valence-corrected chi connectivity index (χ3v) is 4.47. The molecular formula is C23H18ClN5O. The van der Waals surface area contributed by atoms with E-state index in [-0.39, 0.29) is 5.91 Å². The summed E-state index contributed by atoms with van der Waals surface area (Å²) in [6.45, 7) is 0. The van der Waals surface area contributed by atoms with Crippen LogP contribution in [-0.2, 0) is 0 Å². The zero-order valence-corrected chi connectivity index (χ0v) is 16.6. The van der Waals surface area contributed by atoms with Crippen LogP contribution in [0.5, 0.6) is 0 Å². The largest absolute Gasteiger partial charge is 0.339 e. The van der Waals surface area contributed by atoms with Crippen molar-refractivity contribution < 1.29 is 4.79 Å². The third-order valence-electron chi connectivity index (χ3n) is 4.19. The molecule has 0 spiro atoms. The normalized spacial score (nSPS) is 10.3. The van der Waals surface area contributed by atoms with E-state index < -0.39 is 0 Å². The number of carbonyl (C=O) groups is 1. The summed E-state index contributed by atoms with van der Waals surface area (Å²) in [5.74, 6) is 0.697. The third kappa shape index (κ3) is 4.92. The van der Waals surface area contributed by atoms with E-state index in [0.717, 1.165) is 11.4 Å². The number of rotatable bonds is 6. The highest BCUT2D eigenvalue weighted by Gasteiger charge is 2.08. The number of hydrogen-bond donors (Lipinski definition) is 3. The van der Waals surface area contributed by atoms with Crippen LogP contribution in [0, 0.1) is 0 Å². The Morgan fingerprint density at radius 2 is 1.43 bits per heavy atom. The molecule has 0 saturated heterocycles. The molecule has 0 aliphatic carbocycles. The second kappa shape index (κ2) is 9.07. The molecule has 4 aromatic rings. The van der Waals surface area contributed by atoms with Crippen LogP contribution in [0.2, 0.25) is 5.02 Å². The average molecular weight is 416 g/mol. The van der Waals surface area contributed by atoms with Crippen molar-refractivity contribution in [1.29, 1.82) is 0 Å². The summed E-state index contributed by atoms with van der Waals surface area (Å²) in [6, 6.07) is 26.0. The van der Waals surface area contributed by atoms with Gasteiger partial charge in [-0.3, -0.25) is 4.79 Å². The number of hydrogen-bond acceptors (Lipinski definition) is 5. The van der Waals surface area contributed by atoms with Crippen LogP contribution >= 0.6 is 11.6 Å². The van der Waals surface area contributed by atoms with E-state index in [2.05, 4.69) is 25.9 Å². The zero-order chi connectivity index (χ0) is 20.8. The molecule has 0 aliphatic heterocycles. The van der Waals surface area contributed by atoms with E-state index in [9.17, 15) is 4.79 Å². The fraction of sp³-hybridized carbons (Fsp3) is 0. The molecule has 0 radical (unpaired) electrons. The Hall–Kier alpha value is -3.90. The van der Waals surface area contributed by atoms with E-state index in [0.29, 0.717) is 28.0 Å². The first-order valence-corrected chi connectivity index (χ1v) is 9.63. The molecule has 1 heterocycles. The van der Waals surface area contributed by atoms with Gasteiger partial charge in [0.05, 0.1) is 6.20 Å². The van der Waals surface area contributed by atoms with Crippen molar-refractivity contribution in [3.63, 3.8) is 0 Å². The first-order chi connectivity index (χ1) is 14.7. The maximum atomic E-state index is 12.4. The van der Waals surface area contributed by atoms with Crippen molar-refractivity contribution in [3.8, 4) is 0 Å². The number of halogens is 1.